The molecule has 4 atom stereocenters. The van der Waals surface area contributed by atoms with E-state index in [1.54, 1.807) is 0 Å². The van der Waals surface area contributed by atoms with Gasteiger partial charge in [-0.3, -0.25) is 8.98 Å². The van der Waals surface area contributed by atoms with E-state index in [0.717, 1.165) is 0 Å². The van der Waals surface area contributed by atoms with Crippen LogP contribution in [0, 0.1) is 0 Å². The van der Waals surface area contributed by atoms with E-state index in [-0.39, 0.29) is 12.8 Å². The Morgan fingerprint density at radius 1 is 1.27 bits per heavy atom. The molecule has 1 saturated heterocycles. The number of fused-ring (bicyclic) bond motifs is 2. The van der Waals surface area contributed by atoms with Crippen LogP contribution in [-0.2, 0) is 38.1 Å². The molecule has 4 unspecified atom stereocenters. The van der Waals surface area contributed by atoms with Crippen LogP contribution >= 0.6 is 0 Å². The number of hydrogen-bond acceptors (Lipinski definition) is 8. The van der Waals surface area contributed by atoms with Crippen LogP contribution in [0.1, 0.15) is 19.3 Å². The number of carbonyl (C=O) groups excluding carboxylic acids is 2. The fourth-order valence-corrected chi connectivity index (χ4v) is 4.27. The molecule has 26 heavy (non-hydrogen) atoms. The van der Waals surface area contributed by atoms with Gasteiger partial charge in [0.05, 0.1) is 17.8 Å². The molecular weight excluding hydrogens is 385 g/mol. The lowest BCUT2D eigenvalue weighted by Crippen LogP contribution is -2.46. The molecule has 0 spiro atoms. The van der Waals surface area contributed by atoms with Crippen molar-refractivity contribution in [1.82, 2.24) is 0 Å². The predicted molar refractivity (Wildman–Crippen MR) is 78.3 cm³/mol. The molecule has 1 aliphatic heterocycles. The average Bonchev–Trinajstić information content (AvgIpc) is 2.78. The van der Waals surface area contributed by atoms with Gasteiger partial charge in [-0.2, -0.15) is 21.6 Å². The van der Waals surface area contributed by atoms with Gasteiger partial charge in [0, 0.05) is 7.11 Å². The Morgan fingerprint density at radius 3 is 2.50 bits per heavy atom. The van der Waals surface area contributed by atoms with Crippen molar-refractivity contribution in [1.29, 1.82) is 0 Å². The average molecular weight is 402 g/mol. The summed E-state index contributed by atoms with van der Waals surface area (Å²) in [7, 11) is -2.42. The van der Waals surface area contributed by atoms with Crippen molar-refractivity contribution >= 4 is 22.1 Å². The zero-order valence-electron chi connectivity index (χ0n) is 13.7. The summed E-state index contributed by atoms with van der Waals surface area (Å²) in [6.07, 6.45) is -7.77. The third kappa shape index (κ3) is 4.54. The van der Waals surface area contributed by atoms with Crippen LogP contribution < -0.4 is 0 Å². The van der Waals surface area contributed by atoms with E-state index in [4.69, 9.17) is 13.7 Å². The van der Waals surface area contributed by atoms with Gasteiger partial charge in [-0.25, -0.2) is 4.79 Å². The first-order valence-electron chi connectivity index (χ1n) is 7.53. The number of rotatable bonds is 6. The first kappa shape index (κ1) is 20.6. The molecule has 0 aromatic rings. The highest BCUT2D eigenvalue weighted by molar-refractivity contribution is 7.87. The van der Waals surface area contributed by atoms with Gasteiger partial charge in [0.25, 0.3) is 10.1 Å². The number of carbonyl (C=O) groups is 2. The molecule has 0 amide bonds. The lowest BCUT2D eigenvalue weighted by atomic mass is 9.91. The van der Waals surface area contributed by atoms with E-state index >= 15 is 0 Å². The number of alkyl halides is 3. The molecule has 0 radical (unpaired) electrons. The summed E-state index contributed by atoms with van der Waals surface area (Å²) in [5.41, 5.74) is -1.69. The molecule has 1 aliphatic carbocycles. The fourth-order valence-electron chi connectivity index (χ4n) is 2.73. The summed E-state index contributed by atoms with van der Waals surface area (Å²) in [5.74, 6) is -2.58. The minimum absolute atomic E-state index is 0.0909. The maximum atomic E-state index is 12.3. The molecule has 148 valence electrons. The molecule has 2 aliphatic rings. The Morgan fingerprint density at radius 2 is 1.92 bits per heavy atom. The number of ether oxygens (including phenoxy) is 3. The van der Waals surface area contributed by atoms with Crippen LogP contribution in [-0.4, -0.2) is 63.8 Å². The van der Waals surface area contributed by atoms with Gasteiger partial charge < -0.3 is 14.2 Å². The maximum absolute atomic E-state index is 12.3. The van der Waals surface area contributed by atoms with Crippen molar-refractivity contribution in [2.45, 2.75) is 49.0 Å². The van der Waals surface area contributed by atoms with Crippen molar-refractivity contribution in [2.24, 2.45) is 0 Å². The SMILES string of the molecule is C=C(C(=O)OCCC(=O)OC1C(OC)CC2CC1OS2(=O)=O)C(F)(F)F. The van der Waals surface area contributed by atoms with Crippen LogP contribution in [0.3, 0.4) is 0 Å². The van der Waals surface area contributed by atoms with Gasteiger partial charge in [0.2, 0.25) is 0 Å². The van der Waals surface area contributed by atoms with E-state index in [2.05, 4.69) is 11.3 Å². The van der Waals surface area contributed by atoms with Crippen molar-refractivity contribution in [2.75, 3.05) is 13.7 Å². The second-order valence-electron chi connectivity index (χ2n) is 5.81. The molecule has 8 nitrogen and oxygen atoms in total. The molecule has 0 aromatic carbocycles. The quantitative estimate of drug-likeness (QED) is 0.366. The fraction of sp³-hybridized carbons (Fsp3) is 0.714. The molecule has 1 saturated carbocycles. The Balaban J connectivity index is 1.85. The Labute approximate surface area is 147 Å². The summed E-state index contributed by atoms with van der Waals surface area (Å²) in [5, 5.41) is -0.735. The van der Waals surface area contributed by atoms with E-state index in [0.29, 0.717) is 0 Å². The number of hydrogen-bond donors (Lipinski definition) is 0. The second kappa shape index (κ2) is 7.53. The van der Waals surface area contributed by atoms with Gasteiger partial charge in [-0.05, 0) is 12.8 Å². The molecule has 2 bridgehead atoms. The van der Waals surface area contributed by atoms with Crippen LogP contribution in [0.15, 0.2) is 12.2 Å². The normalized spacial score (nSPS) is 29.8. The van der Waals surface area contributed by atoms with E-state index < -0.39 is 70.4 Å². The van der Waals surface area contributed by atoms with Gasteiger partial charge in [0.15, 0.2) is 6.10 Å². The minimum atomic E-state index is -4.92. The predicted octanol–water partition coefficient (Wildman–Crippen LogP) is 0.856. The van der Waals surface area contributed by atoms with E-state index in [9.17, 15) is 31.2 Å². The number of halogens is 3. The van der Waals surface area contributed by atoms with Gasteiger partial charge in [-0.1, -0.05) is 6.58 Å². The molecular formula is C14H17F3O8S. The topological polar surface area (TPSA) is 105 Å². The van der Waals surface area contributed by atoms with Crippen molar-refractivity contribution in [3.63, 3.8) is 0 Å². The third-order valence-electron chi connectivity index (χ3n) is 4.09. The van der Waals surface area contributed by atoms with Crippen molar-refractivity contribution in [3.8, 4) is 0 Å². The van der Waals surface area contributed by atoms with Crippen LogP contribution in [0.25, 0.3) is 0 Å². The minimum Gasteiger partial charge on any atom is -0.461 e. The van der Waals surface area contributed by atoms with Crippen LogP contribution in [0.4, 0.5) is 13.2 Å². The molecule has 12 heteroatoms. The first-order chi connectivity index (χ1) is 12.0. The summed E-state index contributed by atoms with van der Waals surface area (Å²) in [6, 6.07) is 0. The zero-order chi connectivity index (χ0) is 19.7. The van der Waals surface area contributed by atoms with Crippen LogP contribution in [0.2, 0.25) is 0 Å². The van der Waals surface area contributed by atoms with Gasteiger partial charge >= 0.3 is 18.1 Å². The highest BCUT2D eigenvalue weighted by Gasteiger charge is 2.53. The first-order valence-corrected chi connectivity index (χ1v) is 9.00. The highest BCUT2D eigenvalue weighted by atomic mass is 32.2. The van der Waals surface area contributed by atoms with Gasteiger partial charge in [0.1, 0.15) is 18.3 Å². The monoisotopic (exact) mass is 402 g/mol. The summed E-state index contributed by atoms with van der Waals surface area (Å²) in [6.45, 7) is 1.92. The summed E-state index contributed by atoms with van der Waals surface area (Å²) < 4.78 is 79.8. The summed E-state index contributed by atoms with van der Waals surface area (Å²) >= 11 is 0. The van der Waals surface area contributed by atoms with E-state index in [1.807, 2.05) is 0 Å². The molecule has 2 rings (SSSR count). The lowest BCUT2D eigenvalue weighted by molar-refractivity contribution is -0.168. The van der Waals surface area contributed by atoms with Gasteiger partial charge in [-0.15, -0.1) is 0 Å². The highest BCUT2D eigenvalue weighted by Crippen LogP contribution is 2.38. The molecule has 2 fully saturated rings. The number of methoxy groups -OCH3 is 1. The summed E-state index contributed by atoms with van der Waals surface area (Å²) in [4.78, 5) is 23.0. The van der Waals surface area contributed by atoms with Crippen LogP contribution in [0.5, 0.6) is 0 Å². The smallest absolute Gasteiger partial charge is 0.422 e. The Hall–Kier alpha value is -1.66. The Bertz CT molecular complexity index is 687. The Kier molecular flexibility index (Phi) is 5.98. The second-order valence-corrected chi connectivity index (χ2v) is 7.66. The van der Waals surface area contributed by atoms with E-state index in [1.165, 1.54) is 7.11 Å². The standard InChI is InChI=1S/C14H17F3O8S/c1-7(14(15,16)17)13(19)23-4-3-11(18)24-12-9(22-2)5-8-6-10(12)25-26(8,20)21/h8-10,12H,1,3-6H2,2H3. The lowest BCUT2D eigenvalue weighted by Gasteiger charge is -2.32. The zero-order valence-corrected chi connectivity index (χ0v) is 14.5. The molecule has 0 aromatic heterocycles. The molecule has 1 heterocycles. The number of esters is 2. The van der Waals surface area contributed by atoms with Crippen molar-refractivity contribution < 1.29 is 49.6 Å². The molecule has 0 N–H and O–H groups in total. The maximum Gasteiger partial charge on any atom is 0.422 e. The van der Waals surface area contributed by atoms with Crippen molar-refractivity contribution in [3.05, 3.63) is 12.2 Å². The largest absolute Gasteiger partial charge is 0.461 e. The third-order valence-corrected chi connectivity index (χ3v) is 5.80.